The molecule has 0 saturated heterocycles. The normalized spacial score (nSPS) is 16.7. The van der Waals surface area contributed by atoms with Crippen molar-refractivity contribution >= 4 is 18.0 Å². The van der Waals surface area contributed by atoms with Crippen LogP contribution in [-0.2, 0) is 4.79 Å². The average molecular weight is 277 g/mol. The van der Waals surface area contributed by atoms with Crippen LogP contribution in [0.3, 0.4) is 0 Å². The van der Waals surface area contributed by atoms with Gasteiger partial charge in [-0.25, -0.2) is 9.18 Å². The molecule has 0 aliphatic heterocycles. The Bertz CT molecular complexity index is 576. The fourth-order valence-electron chi connectivity index (χ4n) is 2.14. The quantitative estimate of drug-likeness (QED) is 0.831. The number of nitrogens with one attached hydrogen (secondary N) is 1. The third-order valence-electron chi connectivity index (χ3n) is 3.54. The maximum absolute atomic E-state index is 13.8. The number of carbonyl (C=O) groups is 2. The third kappa shape index (κ3) is 3.23. The van der Waals surface area contributed by atoms with Gasteiger partial charge in [0, 0.05) is 22.7 Å². The minimum atomic E-state index is -1.15. The summed E-state index contributed by atoms with van der Waals surface area (Å²) in [5.41, 5.74) is 0.192. The highest BCUT2D eigenvalue weighted by Crippen LogP contribution is 2.31. The monoisotopic (exact) mass is 277 g/mol. The van der Waals surface area contributed by atoms with Gasteiger partial charge >= 0.3 is 5.97 Å². The highest BCUT2D eigenvalue weighted by Gasteiger charge is 2.33. The van der Waals surface area contributed by atoms with Crippen LogP contribution in [0.5, 0.6) is 0 Å². The molecular weight excluding hydrogens is 261 g/mol. The molecular formula is C15H16FNO3. The Labute approximate surface area is 116 Å². The van der Waals surface area contributed by atoms with E-state index in [2.05, 4.69) is 5.32 Å². The molecule has 0 bridgehead atoms. The summed E-state index contributed by atoms with van der Waals surface area (Å²) < 4.78 is 13.8. The molecule has 0 aromatic heterocycles. The predicted octanol–water partition coefficient (Wildman–Crippen LogP) is 2.60. The number of halogens is 1. The molecule has 0 spiro atoms. The molecule has 1 aliphatic carbocycles. The van der Waals surface area contributed by atoms with Crippen molar-refractivity contribution in [2.75, 3.05) is 0 Å². The van der Waals surface area contributed by atoms with Gasteiger partial charge in [-0.2, -0.15) is 0 Å². The van der Waals surface area contributed by atoms with E-state index in [-0.39, 0.29) is 22.6 Å². The van der Waals surface area contributed by atoms with Crippen LogP contribution < -0.4 is 5.32 Å². The van der Waals surface area contributed by atoms with Crippen LogP contribution in [0.2, 0.25) is 0 Å². The molecule has 5 heteroatoms. The van der Waals surface area contributed by atoms with Crippen molar-refractivity contribution in [1.82, 2.24) is 5.32 Å². The topological polar surface area (TPSA) is 66.4 Å². The van der Waals surface area contributed by atoms with Crippen LogP contribution >= 0.6 is 0 Å². The summed E-state index contributed by atoms with van der Waals surface area (Å²) in [5.74, 6) is -2.07. The summed E-state index contributed by atoms with van der Waals surface area (Å²) in [5, 5.41) is 11.4. The first-order valence-electron chi connectivity index (χ1n) is 6.43. The van der Waals surface area contributed by atoms with Gasteiger partial charge in [0.2, 0.25) is 0 Å². The molecule has 20 heavy (non-hydrogen) atoms. The highest BCUT2D eigenvalue weighted by molar-refractivity contribution is 5.95. The summed E-state index contributed by atoms with van der Waals surface area (Å²) in [7, 11) is 0. The van der Waals surface area contributed by atoms with Gasteiger partial charge in [0.05, 0.1) is 0 Å². The SMILES string of the molecule is CC1(NC(=O)c2ccc(/C=C/C(=O)O)c(F)c2)CCC1. The zero-order valence-electron chi connectivity index (χ0n) is 11.1. The van der Waals surface area contributed by atoms with Crippen molar-refractivity contribution in [3.8, 4) is 0 Å². The Balaban J connectivity index is 2.12. The molecule has 0 radical (unpaired) electrons. The average Bonchev–Trinajstić information content (AvgIpc) is 2.35. The number of hydrogen-bond donors (Lipinski definition) is 2. The Hall–Kier alpha value is -2.17. The number of rotatable bonds is 4. The summed E-state index contributed by atoms with van der Waals surface area (Å²) >= 11 is 0. The van der Waals surface area contributed by atoms with E-state index >= 15 is 0 Å². The second kappa shape index (κ2) is 5.45. The van der Waals surface area contributed by atoms with Crippen LogP contribution in [0.4, 0.5) is 4.39 Å². The molecule has 106 valence electrons. The third-order valence-corrected chi connectivity index (χ3v) is 3.54. The van der Waals surface area contributed by atoms with Crippen molar-refractivity contribution in [3.63, 3.8) is 0 Å². The van der Waals surface area contributed by atoms with E-state index in [1.165, 1.54) is 12.1 Å². The van der Waals surface area contributed by atoms with Gasteiger partial charge in [-0.1, -0.05) is 6.07 Å². The van der Waals surface area contributed by atoms with Crippen molar-refractivity contribution in [2.24, 2.45) is 0 Å². The minimum Gasteiger partial charge on any atom is -0.478 e. The van der Waals surface area contributed by atoms with Crippen molar-refractivity contribution in [1.29, 1.82) is 0 Å². The fourth-order valence-corrected chi connectivity index (χ4v) is 2.14. The summed E-state index contributed by atoms with van der Waals surface area (Å²) in [4.78, 5) is 22.4. The van der Waals surface area contributed by atoms with Crippen LogP contribution in [0.25, 0.3) is 6.08 Å². The van der Waals surface area contributed by atoms with Gasteiger partial charge in [-0.3, -0.25) is 4.79 Å². The first-order chi connectivity index (χ1) is 9.39. The van der Waals surface area contributed by atoms with Gasteiger partial charge in [0.1, 0.15) is 5.82 Å². The molecule has 2 N–H and O–H groups in total. The fraction of sp³-hybridized carbons (Fsp3) is 0.333. The molecule has 4 nitrogen and oxygen atoms in total. The molecule has 0 heterocycles. The van der Waals surface area contributed by atoms with Crippen molar-refractivity contribution < 1.29 is 19.1 Å². The summed E-state index contributed by atoms with van der Waals surface area (Å²) in [6, 6.07) is 4.01. The van der Waals surface area contributed by atoms with E-state index in [0.29, 0.717) is 0 Å². The van der Waals surface area contributed by atoms with Crippen molar-refractivity contribution in [3.05, 3.63) is 41.2 Å². The van der Waals surface area contributed by atoms with Crippen LogP contribution in [0, 0.1) is 5.82 Å². The maximum Gasteiger partial charge on any atom is 0.328 e. The highest BCUT2D eigenvalue weighted by atomic mass is 19.1. The molecule has 2 rings (SSSR count). The van der Waals surface area contributed by atoms with E-state index in [1.807, 2.05) is 6.92 Å². The lowest BCUT2D eigenvalue weighted by Crippen LogP contribution is -2.50. The first kappa shape index (κ1) is 14.2. The number of carboxylic acid groups (broad SMARTS) is 1. The summed E-state index contributed by atoms with van der Waals surface area (Å²) in [6.45, 7) is 1.97. The van der Waals surface area contributed by atoms with Gasteiger partial charge in [-0.15, -0.1) is 0 Å². The van der Waals surface area contributed by atoms with E-state index in [4.69, 9.17) is 5.11 Å². The molecule has 1 fully saturated rings. The van der Waals surface area contributed by atoms with Gasteiger partial charge in [0.15, 0.2) is 0 Å². The maximum atomic E-state index is 13.8. The lowest BCUT2D eigenvalue weighted by molar-refractivity contribution is -0.131. The number of carboxylic acids is 1. The molecule has 0 unspecified atom stereocenters. The largest absolute Gasteiger partial charge is 0.478 e. The van der Waals surface area contributed by atoms with Crippen LogP contribution in [0.15, 0.2) is 24.3 Å². The number of carbonyl (C=O) groups excluding carboxylic acids is 1. The number of hydrogen-bond acceptors (Lipinski definition) is 2. The Morgan fingerprint density at radius 1 is 1.40 bits per heavy atom. The first-order valence-corrected chi connectivity index (χ1v) is 6.43. The van der Waals surface area contributed by atoms with Crippen LogP contribution in [-0.4, -0.2) is 22.5 Å². The van der Waals surface area contributed by atoms with E-state index in [0.717, 1.165) is 37.5 Å². The van der Waals surface area contributed by atoms with E-state index < -0.39 is 11.8 Å². The molecule has 1 aromatic rings. The molecule has 1 aromatic carbocycles. The number of amides is 1. The molecule has 1 saturated carbocycles. The van der Waals surface area contributed by atoms with Crippen molar-refractivity contribution in [2.45, 2.75) is 31.7 Å². The number of aliphatic carboxylic acids is 1. The summed E-state index contributed by atoms with van der Waals surface area (Å²) in [6.07, 6.45) is 4.96. The number of benzene rings is 1. The molecule has 1 amide bonds. The van der Waals surface area contributed by atoms with E-state index in [1.54, 1.807) is 0 Å². The Kier molecular flexibility index (Phi) is 3.88. The predicted molar refractivity (Wildman–Crippen MR) is 72.8 cm³/mol. The van der Waals surface area contributed by atoms with Gasteiger partial charge in [0.25, 0.3) is 5.91 Å². The van der Waals surface area contributed by atoms with Gasteiger partial charge in [-0.05, 0) is 44.4 Å². The van der Waals surface area contributed by atoms with Gasteiger partial charge < -0.3 is 10.4 Å². The lowest BCUT2D eigenvalue weighted by Gasteiger charge is -2.39. The second-order valence-electron chi connectivity index (χ2n) is 5.28. The zero-order valence-corrected chi connectivity index (χ0v) is 11.1. The Morgan fingerprint density at radius 2 is 2.10 bits per heavy atom. The zero-order chi connectivity index (χ0) is 14.8. The second-order valence-corrected chi connectivity index (χ2v) is 5.28. The standard InChI is InChI=1S/C15H16FNO3/c1-15(7-2-8-15)17-14(20)11-4-3-10(12(16)9-11)5-6-13(18)19/h3-6,9H,2,7-8H2,1H3,(H,17,20)(H,18,19)/b6-5+. The minimum absolute atomic E-state index is 0.138. The Morgan fingerprint density at radius 3 is 2.60 bits per heavy atom. The van der Waals surface area contributed by atoms with Crippen LogP contribution in [0.1, 0.15) is 42.1 Å². The van der Waals surface area contributed by atoms with E-state index in [9.17, 15) is 14.0 Å². The molecule has 1 aliphatic rings. The lowest BCUT2D eigenvalue weighted by atomic mass is 9.78. The molecule has 0 atom stereocenters. The smallest absolute Gasteiger partial charge is 0.328 e.